The van der Waals surface area contributed by atoms with Gasteiger partial charge in [0.15, 0.2) is 0 Å². The van der Waals surface area contributed by atoms with E-state index in [0.717, 1.165) is 12.0 Å². The van der Waals surface area contributed by atoms with E-state index in [1.54, 1.807) is 0 Å². The van der Waals surface area contributed by atoms with E-state index in [2.05, 4.69) is 34.9 Å². The Balaban J connectivity index is 1.39. The molecule has 200 valence electrons. The first kappa shape index (κ1) is 27.8. The Labute approximate surface area is 230 Å². The van der Waals surface area contributed by atoms with Crippen molar-refractivity contribution in [2.75, 3.05) is 26.2 Å². The second-order valence-corrected chi connectivity index (χ2v) is 10.3. The van der Waals surface area contributed by atoms with Crippen LogP contribution >= 0.6 is 11.6 Å². The van der Waals surface area contributed by atoms with Crippen LogP contribution in [0.3, 0.4) is 0 Å². The molecule has 6 nitrogen and oxygen atoms in total. The number of carbonyl (C=O) groups excluding carboxylic acids is 2. The van der Waals surface area contributed by atoms with Gasteiger partial charge >= 0.3 is 0 Å². The second-order valence-electron chi connectivity index (χ2n) is 9.87. The zero-order chi connectivity index (χ0) is 26.7. The van der Waals surface area contributed by atoms with Crippen LogP contribution in [0.4, 0.5) is 0 Å². The molecule has 4 rings (SSSR count). The Bertz CT molecular complexity index is 1120. The summed E-state index contributed by atoms with van der Waals surface area (Å²) in [5.41, 5.74) is 9.33. The van der Waals surface area contributed by atoms with Crippen LogP contribution in [0, 0.1) is 0 Å². The molecule has 1 heterocycles. The molecule has 0 radical (unpaired) electrons. The number of aryl methyl sites for hydroxylation is 1. The average Bonchev–Trinajstić information content (AvgIpc) is 3.09. The third-order valence-electron chi connectivity index (χ3n) is 7.16. The number of carbonyl (C=O) groups is 2. The quantitative estimate of drug-likeness (QED) is 0.346. The fourth-order valence-electron chi connectivity index (χ4n) is 5.03. The van der Waals surface area contributed by atoms with Crippen LogP contribution in [-0.4, -0.2) is 55.0 Å². The molecule has 1 aliphatic heterocycles. The highest BCUT2D eigenvalue weighted by molar-refractivity contribution is 6.30. The molecule has 1 fully saturated rings. The summed E-state index contributed by atoms with van der Waals surface area (Å²) in [6, 6.07) is 27.9. The minimum absolute atomic E-state index is 0.00206. The van der Waals surface area contributed by atoms with Gasteiger partial charge in [-0.05, 0) is 54.6 Å². The van der Waals surface area contributed by atoms with Crippen molar-refractivity contribution < 1.29 is 9.59 Å². The van der Waals surface area contributed by atoms with E-state index >= 15 is 0 Å². The molecule has 7 heteroatoms. The van der Waals surface area contributed by atoms with Crippen LogP contribution in [-0.2, 0) is 16.0 Å². The number of hydrogen-bond acceptors (Lipinski definition) is 4. The fourth-order valence-corrected chi connectivity index (χ4v) is 5.15. The lowest BCUT2D eigenvalue weighted by Gasteiger charge is -2.29. The predicted molar refractivity (Wildman–Crippen MR) is 153 cm³/mol. The molecule has 2 amide bonds. The highest BCUT2D eigenvalue weighted by Gasteiger charge is 2.32. The molecule has 38 heavy (non-hydrogen) atoms. The van der Waals surface area contributed by atoms with Crippen molar-refractivity contribution in [2.24, 2.45) is 5.73 Å². The normalized spacial score (nSPS) is 17.9. The monoisotopic (exact) mass is 532 g/mol. The zero-order valence-corrected chi connectivity index (χ0v) is 22.4. The van der Waals surface area contributed by atoms with Gasteiger partial charge < -0.3 is 21.3 Å². The lowest BCUT2D eigenvalue weighted by Crippen LogP contribution is -2.49. The van der Waals surface area contributed by atoms with Gasteiger partial charge in [0.1, 0.15) is 0 Å². The molecule has 1 aliphatic rings. The highest BCUT2D eigenvalue weighted by atomic mass is 35.5. The number of benzene rings is 3. The molecular formula is C31H37ClN4O2. The van der Waals surface area contributed by atoms with Gasteiger partial charge in [-0.2, -0.15) is 0 Å². The van der Waals surface area contributed by atoms with Crippen molar-refractivity contribution in [3.8, 4) is 0 Å². The minimum atomic E-state index is -0.370. The van der Waals surface area contributed by atoms with Crippen molar-refractivity contribution >= 4 is 23.4 Å². The van der Waals surface area contributed by atoms with Crippen LogP contribution in [0.5, 0.6) is 0 Å². The van der Waals surface area contributed by atoms with Gasteiger partial charge in [-0.1, -0.05) is 84.4 Å². The van der Waals surface area contributed by atoms with E-state index in [9.17, 15) is 9.59 Å². The molecule has 0 unspecified atom stereocenters. The van der Waals surface area contributed by atoms with E-state index in [4.69, 9.17) is 17.3 Å². The van der Waals surface area contributed by atoms with Gasteiger partial charge in [0.05, 0.1) is 6.04 Å². The molecule has 0 spiro atoms. The molecule has 1 saturated heterocycles. The SMILES string of the molecule is NCC[C@H]1N[C@@H](CNC(=O)CCc2ccc(Cl)cc2)CCN(CC(c2ccccc2)c2ccccc2)C1=O. The van der Waals surface area contributed by atoms with Gasteiger partial charge in [-0.3, -0.25) is 9.59 Å². The first-order valence-corrected chi connectivity index (χ1v) is 13.8. The fraction of sp³-hybridized carbons (Fsp3) is 0.355. The van der Waals surface area contributed by atoms with Crippen LogP contribution in [0.15, 0.2) is 84.9 Å². The Morgan fingerprint density at radius 1 is 1.00 bits per heavy atom. The summed E-state index contributed by atoms with van der Waals surface area (Å²) < 4.78 is 0. The van der Waals surface area contributed by atoms with Gasteiger partial charge in [0.25, 0.3) is 0 Å². The van der Waals surface area contributed by atoms with Crippen molar-refractivity contribution in [1.29, 1.82) is 0 Å². The number of hydrogen-bond donors (Lipinski definition) is 3. The van der Waals surface area contributed by atoms with Crippen LogP contribution < -0.4 is 16.4 Å². The topological polar surface area (TPSA) is 87.5 Å². The Hall–Kier alpha value is -3.19. The van der Waals surface area contributed by atoms with Gasteiger partial charge in [-0.15, -0.1) is 0 Å². The molecule has 0 saturated carbocycles. The summed E-state index contributed by atoms with van der Waals surface area (Å²) >= 11 is 5.95. The zero-order valence-electron chi connectivity index (χ0n) is 21.7. The standard InChI is InChI=1S/C31H37ClN4O2/c32-26-14-11-23(12-15-26)13-16-30(37)34-21-27-18-20-36(31(38)29(35-27)17-19-33)22-28(24-7-3-1-4-8-24)25-9-5-2-6-10-25/h1-12,14-15,27-29,35H,13,16-22,33H2,(H,34,37)/t27-,29-/m1/s1. The molecular weight excluding hydrogens is 496 g/mol. The maximum atomic E-state index is 13.6. The van der Waals surface area contributed by atoms with E-state index in [0.29, 0.717) is 50.5 Å². The molecule has 0 bridgehead atoms. The summed E-state index contributed by atoms with van der Waals surface area (Å²) in [7, 11) is 0. The van der Waals surface area contributed by atoms with Gasteiger partial charge in [0, 0.05) is 43.0 Å². The van der Waals surface area contributed by atoms with Crippen molar-refractivity contribution in [2.45, 2.75) is 43.7 Å². The molecule has 0 aromatic heterocycles. The number of nitrogens with zero attached hydrogens (tertiary/aromatic N) is 1. The molecule has 4 N–H and O–H groups in total. The Morgan fingerprint density at radius 2 is 1.63 bits per heavy atom. The van der Waals surface area contributed by atoms with Crippen molar-refractivity contribution in [1.82, 2.24) is 15.5 Å². The summed E-state index contributed by atoms with van der Waals surface area (Å²) in [6.45, 7) is 2.10. The summed E-state index contributed by atoms with van der Waals surface area (Å²) in [5.74, 6) is 0.144. The number of amides is 2. The molecule has 3 aromatic rings. The van der Waals surface area contributed by atoms with E-state index in [-0.39, 0.29) is 29.8 Å². The summed E-state index contributed by atoms with van der Waals surface area (Å²) in [4.78, 5) is 28.1. The third kappa shape index (κ3) is 7.90. The van der Waals surface area contributed by atoms with Crippen LogP contribution in [0.25, 0.3) is 0 Å². The minimum Gasteiger partial charge on any atom is -0.355 e. The molecule has 3 aromatic carbocycles. The smallest absolute Gasteiger partial charge is 0.239 e. The van der Waals surface area contributed by atoms with Gasteiger partial charge in [0.2, 0.25) is 11.8 Å². The van der Waals surface area contributed by atoms with Crippen LogP contribution in [0.2, 0.25) is 5.02 Å². The Morgan fingerprint density at radius 3 is 2.24 bits per heavy atom. The highest BCUT2D eigenvalue weighted by Crippen LogP contribution is 2.27. The maximum Gasteiger partial charge on any atom is 0.239 e. The van der Waals surface area contributed by atoms with E-state index in [1.807, 2.05) is 65.6 Å². The summed E-state index contributed by atoms with van der Waals surface area (Å²) in [5, 5.41) is 7.23. The van der Waals surface area contributed by atoms with E-state index in [1.165, 1.54) is 11.1 Å². The third-order valence-corrected chi connectivity index (χ3v) is 7.41. The average molecular weight is 533 g/mol. The van der Waals surface area contributed by atoms with Crippen molar-refractivity contribution in [3.05, 3.63) is 107 Å². The second kappa shape index (κ2) is 14.1. The van der Waals surface area contributed by atoms with Gasteiger partial charge in [-0.25, -0.2) is 0 Å². The maximum absolute atomic E-state index is 13.6. The first-order valence-electron chi connectivity index (χ1n) is 13.4. The first-order chi connectivity index (χ1) is 18.5. The molecule has 0 aliphatic carbocycles. The predicted octanol–water partition coefficient (Wildman–Crippen LogP) is 4.13. The number of nitrogens with one attached hydrogen (secondary N) is 2. The summed E-state index contributed by atoms with van der Waals surface area (Å²) in [6.07, 6.45) is 2.36. The number of halogens is 1. The lowest BCUT2D eigenvalue weighted by atomic mass is 9.90. The Kier molecular flexibility index (Phi) is 10.3. The van der Waals surface area contributed by atoms with E-state index < -0.39 is 0 Å². The van der Waals surface area contributed by atoms with Crippen molar-refractivity contribution in [3.63, 3.8) is 0 Å². The number of rotatable bonds is 11. The lowest BCUT2D eigenvalue weighted by molar-refractivity contribution is -0.133. The molecule has 2 atom stereocenters. The number of nitrogens with two attached hydrogens (primary N) is 1. The largest absolute Gasteiger partial charge is 0.355 e. The van der Waals surface area contributed by atoms with Crippen LogP contribution in [0.1, 0.15) is 41.9 Å².